The topological polar surface area (TPSA) is 76.1 Å². The number of hydrogen-bond acceptors (Lipinski definition) is 5. The summed E-state index contributed by atoms with van der Waals surface area (Å²) in [6, 6.07) is 17.4. The van der Waals surface area contributed by atoms with Gasteiger partial charge in [0.15, 0.2) is 0 Å². The Hall–Kier alpha value is -3.35. The van der Waals surface area contributed by atoms with Crippen LogP contribution in [0.1, 0.15) is 17.2 Å². The quantitative estimate of drug-likeness (QED) is 0.337. The number of nitrogens with zero attached hydrogens (tertiary/aromatic N) is 1. The SMILES string of the molecule is COCCN1C(=O)C(=O)/C(=C(/O)c2cc(OC)ccc2Cl)C1c1cccc2ccccc12. The highest BCUT2D eigenvalue weighted by atomic mass is 35.5. The third-order valence-corrected chi connectivity index (χ3v) is 5.95. The smallest absolute Gasteiger partial charge is 0.295 e. The molecule has 1 atom stereocenters. The molecule has 3 aromatic carbocycles. The van der Waals surface area contributed by atoms with Gasteiger partial charge >= 0.3 is 0 Å². The number of fused-ring (bicyclic) bond motifs is 1. The van der Waals surface area contributed by atoms with E-state index in [4.69, 9.17) is 21.1 Å². The molecule has 1 N–H and O–H groups in total. The first kappa shape index (κ1) is 21.9. The van der Waals surface area contributed by atoms with Gasteiger partial charge in [-0.05, 0) is 34.5 Å². The molecular weight excluding hydrogens is 430 g/mol. The van der Waals surface area contributed by atoms with Crippen molar-refractivity contribution in [1.82, 2.24) is 4.90 Å². The zero-order valence-electron chi connectivity index (χ0n) is 17.7. The van der Waals surface area contributed by atoms with Crippen LogP contribution in [0.25, 0.3) is 16.5 Å². The van der Waals surface area contributed by atoms with Crippen molar-refractivity contribution >= 4 is 39.8 Å². The van der Waals surface area contributed by atoms with Crippen LogP contribution in [-0.4, -0.2) is 49.1 Å². The summed E-state index contributed by atoms with van der Waals surface area (Å²) in [6.07, 6.45) is 0. The van der Waals surface area contributed by atoms with Crippen molar-refractivity contribution in [1.29, 1.82) is 0 Å². The molecule has 4 rings (SSSR count). The molecule has 1 fully saturated rings. The Morgan fingerprint density at radius 2 is 1.81 bits per heavy atom. The van der Waals surface area contributed by atoms with E-state index < -0.39 is 17.7 Å². The number of rotatable bonds is 6. The molecule has 1 aliphatic heterocycles. The molecule has 6 nitrogen and oxygen atoms in total. The van der Waals surface area contributed by atoms with Gasteiger partial charge in [-0.1, -0.05) is 54.1 Å². The molecule has 3 aromatic rings. The highest BCUT2D eigenvalue weighted by Crippen LogP contribution is 2.42. The van der Waals surface area contributed by atoms with Gasteiger partial charge in [-0.2, -0.15) is 0 Å². The van der Waals surface area contributed by atoms with E-state index in [1.807, 2.05) is 42.5 Å². The summed E-state index contributed by atoms with van der Waals surface area (Å²) in [6.45, 7) is 0.436. The Kier molecular flexibility index (Phi) is 6.17. The normalized spacial score (nSPS) is 17.8. The number of hydrogen-bond donors (Lipinski definition) is 1. The third kappa shape index (κ3) is 3.72. The number of likely N-dealkylation sites (tertiary alicyclic amines) is 1. The lowest BCUT2D eigenvalue weighted by molar-refractivity contribution is -0.140. The summed E-state index contributed by atoms with van der Waals surface area (Å²) in [7, 11) is 3.02. The van der Waals surface area contributed by atoms with Gasteiger partial charge < -0.3 is 19.5 Å². The number of amides is 1. The highest BCUT2D eigenvalue weighted by molar-refractivity contribution is 6.47. The number of aliphatic hydroxyl groups is 1. The van der Waals surface area contributed by atoms with E-state index in [0.717, 1.165) is 16.3 Å². The number of aliphatic hydroxyl groups excluding tert-OH is 1. The number of halogens is 1. The fourth-order valence-electron chi connectivity index (χ4n) is 4.07. The molecule has 1 amide bonds. The van der Waals surface area contributed by atoms with Gasteiger partial charge in [0.1, 0.15) is 11.5 Å². The first-order valence-corrected chi connectivity index (χ1v) is 10.4. The van der Waals surface area contributed by atoms with Crippen molar-refractivity contribution in [3.63, 3.8) is 0 Å². The van der Waals surface area contributed by atoms with Crippen LogP contribution in [0.2, 0.25) is 5.02 Å². The molecule has 0 saturated carbocycles. The first-order chi connectivity index (χ1) is 15.5. The van der Waals surface area contributed by atoms with Gasteiger partial charge in [-0.3, -0.25) is 9.59 Å². The predicted octanol–water partition coefficient (Wildman–Crippen LogP) is 4.57. The van der Waals surface area contributed by atoms with E-state index in [2.05, 4.69) is 0 Å². The molecular formula is C25H22ClNO5. The van der Waals surface area contributed by atoms with Crippen LogP contribution in [-0.2, 0) is 14.3 Å². The molecule has 32 heavy (non-hydrogen) atoms. The summed E-state index contributed by atoms with van der Waals surface area (Å²) in [5.74, 6) is -1.34. The van der Waals surface area contributed by atoms with Crippen molar-refractivity contribution in [2.24, 2.45) is 0 Å². The number of methoxy groups -OCH3 is 2. The van der Waals surface area contributed by atoms with Crippen LogP contribution in [0.15, 0.2) is 66.2 Å². The number of carbonyl (C=O) groups is 2. The second kappa shape index (κ2) is 9.02. The largest absolute Gasteiger partial charge is 0.507 e. The number of Topliss-reactive ketones (excluding diaryl/α,β-unsaturated/α-hetero) is 1. The molecule has 0 radical (unpaired) electrons. The lowest BCUT2D eigenvalue weighted by atomic mass is 9.91. The zero-order valence-corrected chi connectivity index (χ0v) is 18.4. The fraction of sp³-hybridized carbons (Fsp3) is 0.200. The van der Waals surface area contributed by atoms with E-state index in [9.17, 15) is 14.7 Å². The molecule has 0 bridgehead atoms. The molecule has 1 heterocycles. The Labute approximate surface area is 190 Å². The Morgan fingerprint density at radius 3 is 2.56 bits per heavy atom. The highest BCUT2D eigenvalue weighted by Gasteiger charge is 2.46. The van der Waals surface area contributed by atoms with Gasteiger partial charge in [0.05, 0.1) is 30.4 Å². The molecule has 164 valence electrons. The summed E-state index contributed by atoms with van der Waals surface area (Å²) in [5.41, 5.74) is 0.942. The van der Waals surface area contributed by atoms with E-state index in [-0.39, 0.29) is 35.1 Å². The van der Waals surface area contributed by atoms with E-state index >= 15 is 0 Å². The molecule has 0 aromatic heterocycles. The molecule has 7 heteroatoms. The summed E-state index contributed by atoms with van der Waals surface area (Å²) in [5, 5.41) is 13.3. The summed E-state index contributed by atoms with van der Waals surface area (Å²) < 4.78 is 10.4. The van der Waals surface area contributed by atoms with Gasteiger partial charge in [-0.25, -0.2) is 0 Å². The maximum Gasteiger partial charge on any atom is 0.295 e. The molecule has 0 aliphatic carbocycles. The standard InChI is InChI=1S/C25H22ClNO5/c1-31-13-12-27-22(18-9-5-7-15-6-3-4-8-17(15)18)21(24(29)25(27)30)23(28)19-14-16(32-2)10-11-20(19)26/h3-11,14,22,28H,12-13H2,1-2H3/b23-21+. The minimum atomic E-state index is -0.793. The van der Waals surface area contributed by atoms with Gasteiger partial charge in [0.2, 0.25) is 0 Å². The summed E-state index contributed by atoms with van der Waals surface area (Å²) >= 11 is 6.34. The Bertz CT molecular complexity index is 1230. The molecule has 1 aliphatic rings. The van der Waals surface area contributed by atoms with Crippen molar-refractivity contribution in [2.45, 2.75) is 6.04 Å². The maximum atomic E-state index is 13.2. The van der Waals surface area contributed by atoms with Crippen LogP contribution in [0.5, 0.6) is 5.75 Å². The van der Waals surface area contributed by atoms with Crippen molar-refractivity contribution in [3.8, 4) is 5.75 Å². The first-order valence-electron chi connectivity index (χ1n) is 10.1. The van der Waals surface area contributed by atoms with Crippen LogP contribution in [0.4, 0.5) is 0 Å². The van der Waals surface area contributed by atoms with Crippen molar-refractivity contribution in [3.05, 3.63) is 82.4 Å². The number of ether oxygens (including phenoxy) is 2. The molecule has 0 spiro atoms. The zero-order chi connectivity index (χ0) is 22.8. The van der Waals surface area contributed by atoms with E-state index in [1.54, 1.807) is 18.2 Å². The number of carbonyl (C=O) groups excluding carboxylic acids is 2. The second-order valence-corrected chi connectivity index (χ2v) is 7.81. The minimum absolute atomic E-state index is 0.0161. The van der Waals surface area contributed by atoms with Crippen molar-refractivity contribution in [2.75, 3.05) is 27.4 Å². The van der Waals surface area contributed by atoms with Crippen LogP contribution >= 0.6 is 11.6 Å². The third-order valence-electron chi connectivity index (χ3n) is 5.62. The van der Waals surface area contributed by atoms with Crippen LogP contribution in [0, 0.1) is 0 Å². The van der Waals surface area contributed by atoms with E-state index in [0.29, 0.717) is 5.75 Å². The maximum absolute atomic E-state index is 13.2. The second-order valence-electron chi connectivity index (χ2n) is 7.40. The average molecular weight is 452 g/mol. The average Bonchev–Trinajstić information content (AvgIpc) is 3.07. The predicted molar refractivity (Wildman–Crippen MR) is 123 cm³/mol. The van der Waals surface area contributed by atoms with Crippen LogP contribution < -0.4 is 4.74 Å². The number of benzene rings is 3. The Balaban J connectivity index is 1.98. The summed E-state index contributed by atoms with van der Waals surface area (Å²) in [4.78, 5) is 27.6. The fourth-order valence-corrected chi connectivity index (χ4v) is 4.28. The lowest BCUT2D eigenvalue weighted by Gasteiger charge is -2.26. The van der Waals surface area contributed by atoms with Gasteiger partial charge in [0, 0.05) is 19.2 Å². The monoisotopic (exact) mass is 451 g/mol. The molecule has 1 saturated heterocycles. The van der Waals surface area contributed by atoms with Crippen LogP contribution in [0.3, 0.4) is 0 Å². The molecule has 1 unspecified atom stereocenters. The Morgan fingerprint density at radius 1 is 1.06 bits per heavy atom. The lowest BCUT2D eigenvalue weighted by Crippen LogP contribution is -2.32. The van der Waals surface area contributed by atoms with Gasteiger partial charge in [-0.15, -0.1) is 0 Å². The minimum Gasteiger partial charge on any atom is -0.507 e. The van der Waals surface area contributed by atoms with Crippen molar-refractivity contribution < 1.29 is 24.2 Å². The van der Waals surface area contributed by atoms with E-state index in [1.165, 1.54) is 19.1 Å². The number of ketones is 1. The van der Waals surface area contributed by atoms with Gasteiger partial charge in [0.25, 0.3) is 11.7 Å².